The number of allylic oxidation sites excluding steroid dienone is 3. The first kappa shape index (κ1) is 81.5. The van der Waals surface area contributed by atoms with Crippen LogP contribution in [0.5, 0.6) is 5.75 Å². The van der Waals surface area contributed by atoms with Gasteiger partial charge >= 0.3 is 24.1 Å². The summed E-state index contributed by atoms with van der Waals surface area (Å²) in [5.41, 5.74) is 8.79. The fourth-order valence-electron chi connectivity index (χ4n) is 12.1. The number of esters is 1. The van der Waals surface area contributed by atoms with Crippen LogP contribution in [0.3, 0.4) is 0 Å². The number of nitrogens with zero attached hydrogens (tertiary/aromatic N) is 4. The predicted molar refractivity (Wildman–Crippen MR) is 372 cm³/mol. The molecule has 0 unspecified atom stereocenters. The van der Waals surface area contributed by atoms with E-state index in [1.165, 1.54) is 40.1 Å². The summed E-state index contributed by atoms with van der Waals surface area (Å²) < 4.78 is 42.9. The molecule has 3 aliphatic heterocycles. The molecular formula is C69H101ClN12O19. The summed E-state index contributed by atoms with van der Waals surface area (Å²) in [6, 6.07) is 7.47. The van der Waals surface area contributed by atoms with Crippen LogP contribution in [0.25, 0.3) is 10.9 Å². The number of epoxide rings is 1. The van der Waals surface area contributed by atoms with Gasteiger partial charge in [-0.3, -0.25) is 44.3 Å². The predicted octanol–water partition coefficient (Wildman–Crippen LogP) is 3.09. The number of rotatable bonds is 34. The van der Waals surface area contributed by atoms with Gasteiger partial charge in [-0.05, 0) is 94.6 Å². The first-order chi connectivity index (χ1) is 47.8. The normalized spacial score (nSPS) is 22.8. The van der Waals surface area contributed by atoms with Crippen molar-refractivity contribution in [2.45, 2.75) is 172 Å². The number of methoxy groups -OCH3 is 2. The summed E-state index contributed by atoms with van der Waals surface area (Å²) in [5, 5.41) is 40.2. The van der Waals surface area contributed by atoms with Gasteiger partial charge in [0.25, 0.3) is 0 Å². The van der Waals surface area contributed by atoms with E-state index in [-0.39, 0.29) is 101 Å². The van der Waals surface area contributed by atoms with Crippen LogP contribution in [0.15, 0.2) is 66.3 Å². The Hall–Kier alpha value is -8.43. The lowest BCUT2D eigenvalue weighted by Crippen LogP contribution is -2.63. The van der Waals surface area contributed by atoms with E-state index in [9.17, 15) is 58.2 Å². The molecule has 2 aromatic carbocycles. The number of halogens is 1. The highest BCUT2D eigenvalue weighted by atomic mass is 35.5. The van der Waals surface area contributed by atoms with Crippen LogP contribution in [0.2, 0.25) is 5.02 Å². The number of aliphatic hydroxyl groups is 1. The van der Waals surface area contributed by atoms with Crippen LogP contribution in [-0.4, -0.2) is 226 Å². The number of benzene rings is 2. The van der Waals surface area contributed by atoms with Crippen molar-refractivity contribution in [1.29, 1.82) is 0 Å². The number of nitrogens with two attached hydrogens (primary N) is 1. The average molecular weight is 1440 g/mol. The van der Waals surface area contributed by atoms with E-state index < -0.39 is 138 Å². The van der Waals surface area contributed by atoms with Gasteiger partial charge in [0.1, 0.15) is 58.9 Å². The second-order valence-corrected chi connectivity index (χ2v) is 26.5. The van der Waals surface area contributed by atoms with Crippen LogP contribution in [0, 0.1) is 11.8 Å². The highest BCUT2D eigenvalue weighted by Gasteiger charge is 2.64. The minimum atomic E-state index is -1.95. The van der Waals surface area contributed by atoms with Crippen molar-refractivity contribution in [2.75, 3.05) is 86.8 Å². The third kappa shape index (κ3) is 23.0. The zero-order valence-corrected chi connectivity index (χ0v) is 60.4. The number of fused-ring (bicyclic) bond motifs is 6. The molecule has 0 spiro atoms. The second kappa shape index (κ2) is 38.0. The van der Waals surface area contributed by atoms with Crippen LogP contribution >= 0.6 is 11.6 Å². The SMILES string of the molecule is CNN(C)Cc1cc2ccccc2n1CCC(=O)N[C@@H](CCC(=O)O)C(=O)NCCOCCOCCC(=O)N[C@H](C(=O)N[C@@H](CCCNC(N)=O)C(=O)N(C)[C@@H](C)C(=O)O[C@H]1CC(=O)N(C)c2cc(cc(OC)c2Cl)C/C(C)=C/C=C/[C@@H](OC)[C@@]2(O)C[C@H](OC(=O)N2)[C@@H](C)[C@@H]2O[C@@]12C)C(C)C. The topological polar surface area (TPSA) is 404 Å². The summed E-state index contributed by atoms with van der Waals surface area (Å²) >= 11 is 6.87. The number of aliphatic carboxylic acids is 1. The Balaban J connectivity index is 1.04. The number of primary amides is 1. The molecule has 11 atom stereocenters. The molecule has 3 aliphatic rings. The smallest absolute Gasteiger partial charge is 0.409 e. The molecular weight excluding hydrogens is 1340 g/mol. The van der Waals surface area contributed by atoms with Crippen molar-refractivity contribution in [1.82, 2.24) is 51.8 Å². The molecule has 32 heteroatoms. The standard InChI is InChI=1S/C69H101ClN12O19/c1-40(2)60(77-56(84)25-29-97-31-32-98-30-27-73-62(88)47(22-23-58(86)87)75-55(83)24-28-82-46(39-79(8)72-7)36-45-18-13-14-20-49(45)82)63(89)76-48(19-16-26-74-66(71)92)64(90)80(9)43(5)65(91)100-54-37-57(85)81(10)50-34-44(35-51(95-11)59(50)70)33-41(3)17-15-21-53(96-12)69(94)38-52(99-67(93)78-69)42(4)61-68(54,6)101-61/h13-15,17-18,20-21,34-36,40,42-43,47-48,52-54,60-61,72,94H,16,19,22-33,37-39H2,1-12H3,(H,73,88)(H,75,83)(H,76,89)(H,77,84)(H,78,93)(H,86,87)(H3,71,74,92)/b21-15+,41-17+/t42-,43+,47+,48+,52+,53-,54+,60+,61+,68+,69+/m1/s1. The molecule has 6 rings (SSSR count). The molecule has 9 amide bonds. The number of aryl methyl sites for hydroxylation is 1. The Morgan fingerprint density at radius 2 is 1.59 bits per heavy atom. The second-order valence-electron chi connectivity index (χ2n) is 26.1. The number of hydrazine groups is 1. The molecule has 4 heterocycles. The Morgan fingerprint density at radius 1 is 0.891 bits per heavy atom. The fourth-order valence-corrected chi connectivity index (χ4v) is 12.4. The number of alkyl carbamates (subject to hydrolysis) is 1. The maximum atomic E-state index is 14.6. The third-order valence-corrected chi connectivity index (χ3v) is 18.6. The molecule has 4 bridgehead atoms. The first-order valence-electron chi connectivity index (χ1n) is 33.7. The Kier molecular flexibility index (Phi) is 30.7. The van der Waals surface area contributed by atoms with E-state index in [1.54, 1.807) is 59.0 Å². The molecule has 3 aromatic rings. The third-order valence-electron chi connectivity index (χ3n) is 18.3. The number of para-hydroxylation sites is 1. The van der Waals surface area contributed by atoms with E-state index in [0.29, 0.717) is 19.5 Å². The number of urea groups is 1. The molecule has 11 N–H and O–H groups in total. The van der Waals surface area contributed by atoms with Gasteiger partial charge in [-0.15, -0.1) is 0 Å². The maximum Gasteiger partial charge on any atom is 0.409 e. The summed E-state index contributed by atoms with van der Waals surface area (Å²) in [6.45, 7) is 11.0. The monoisotopic (exact) mass is 1440 g/mol. The number of carbonyl (C=O) groups is 10. The number of carboxylic acid groups (broad SMARTS) is 1. The number of likely N-dealkylation sites (N-methyl/N-ethyl adjacent to an activating group) is 1. The van der Waals surface area contributed by atoms with E-state index in [1.807, 2.05) is 53.9 Å². The molecule has 101 heavy (non-hydrogen) atoms. The average Bonchev–Trinajstić information content (AvgIpc) is 1.57. The van der Waals surface area contributed by atoms with Crippen LogP contribution in [0.1, 0.15) is 104 Å². The van der Waals surface area contributed by atoms with Gasteiger partial charge in [0.05, 0.1) is 58.3 Å². The van der Waals surface area contributed by atoms with Crippen molar-refractivity contribution in [3.8, 4) is 5.75 Å². The molecule has 0 aliphatic carbocycles. The molecule has 0 radical (unpaired) electrons. The lowest BCUT2D eigenvalue weighted by atomic mass is 9.83. The quantitative estimate of drug-likeness (QED) is 0.0178. The van der Waals surface area contributed by atoms with Gasteiger partial charge < -0.3 is 90.1 Å². The van der Waals surface area contributed by atoms with Crippen LogP contribution in [-0.2, 0) is 86.3 Å². The van der Waals surface area contributed by atoms with Gasteiger partial charge in [0.15, 0.2) is 5.72 Å². The van der Waals surface area contributed by atoms with Gasteiger partial charge in [-0.2, -0.15) is 0 Å². The molecule has 2 fully saturated rings. The molecule has 31 nitrogen and oxygen atoms in total. The molecule has 2 saturated heterocycles. The largest absolute Gasteiger partial charge is 0.495 e. The Bertz CT molecular complexity index is 3480. The summed E-state index contributed by atoms with van der Waals surface area (Å²) in [6.07, 6.45) is -0.935. The number of aromatic nitrogens is 1. The lowest BCUT2D eigenvalue weighted by molar-refractivity contribution is -0.162. The van der Waals surface area contributed by atoms with Gasteiger partial charge in [0, 0.05) is 90.7 Å². The number of carboxylic acids is 1. The lowest BCUT2D eigenvalue weighted by Gasteiger charge is -2.42. The zero-order chi connectivity index (χ0) is 74.5. The van der Waals surface area contributed by atoms with Crippen LogP contribution < -0.4 is 52.7 Å². The zero-order valence-electron chi connectivity index (χ0n) is 59.6. The molecule has 1 aromatic heterocycles. The highest BCUT2D eigenvalue weighted by molar-refractivity contribution is 6.35. The summed E-state index contributed by atoms with van der Waals surface area (Å²) in [7, 11) is 9.35. The van der Waals surface area contributed by atoms with Gasteiger partial charge in [-0.1, -0.05) is 74.4 Å². The number of ether oxygens (including phenoxy) is 7. The number of nitrogens with one attached hydrogen (secondary N) is 7. The van der Waals surface area contributed by atoms with E-state index in [0.717, 1.165) is 32.6 Å². The van der Waals surface area contributed by atoms with Gasteiger partial charge in [-0.25, -0.2) is 19.4 Å². The highest BCUT2D eigenvalue weighted by Crippen LogP contribution is 2.49. The number of hydrogen-bond donors (Lipinski definition) is 10. The van der Waals surface area contributed by atoms with Crippen LogP contribution in [0.4, 0.5) is 15.3 Å². The van der Waals surface area contributed by atoms with Crippen molar-refractivity contribution < 1.29 is 91.3 Å². The Labute approximate surface area is 593 Å². The summed E-state index contributed by atoms with van der Waals surface area (Å²) in [5.74, 6) is -6.66. The minimum Gasteiger partial charge on any atom is -0.495 e. The van der Waals surface area contributed by atoms with Crippen molar-refractivity contribution in [2.24, 2.45) is 17.6 Å². The maximum absolute atomic E-state index is 14.6. The van der Waals surface area contributed by atoms with E-state index in [4.69, 9.17) is 50.5 Å². The summed E-state index contributed by atoms with van der Waals surface area (Å²) in [4.78, 5) is 137. The fraction of sp³-hybridized carbons (Fsp3) is 0.594. The van der Waals surface area contributed by atoms with Gasteiger partial charge in [0.2, 0.25) is 35.4 Å². The van der Waals surface area contributed by atoms with Crippen molar-refractivity contribution >= 4 is 87.7 Å². The Morgan fingerprint density at radius 3 is 2.27 bits per heavy atom. The van der Waals surface area contributed by atoms with E-state index >= 15 is 0 Å². The van der Waals surface area contributed by atoms with Crippen molar-refractivity contribution in [3.05, 3.63) is 82.5 Å². The molecule has 558 valence electrons. The molecule has 0 saturated carbocycles. The number of carbonyl (C=O) groups excluding carboxylic acids is 9. The minimum absolute atomic E-state index is 0.00705. The number of anilines is 1. The first-order valence-corrected chi connectivity index (χ1v) is 34.1. The van der Waals surface area contributed by atoms with E-state index in [2.05, 4.69) is 43.4 Å². The number of hydrogen-bond acceptors (Lipinski definition) is 20. The number of amides is 9. The van der Waals surface area contributed by atoms with Crippen molar-refractivity contribution in [3.63, 3.8) is 0 Å².